The largest absolute Gasteiger partial charge is 0.493 e. The zero-order chi connectivity index (χ0) is 12.4. The Hall–Kier alpha value is -1.48. The Morgan fingerprint density at radius 3 is 2.35 bits per heavy atom. The van der Waals surface area contributed by atoms with Gasteiger partial charge in [-0.3, -0.25) is 4.98 Å². The third-order valence-electron chi connectivity index (χ3n) is 2.76. The van der Waals surface area contributed by atoms with E-state index < -0.39 is 0 Å². The number of alkyl halides is 1. The summed E-state index contributed by atoms with van der Waals surface area (Å²) in [6.07, 6.45) is 0. The highest BCUT2D eigenvalue weighted by molar-refractivity contribution is 6.17. The van der Waals surface area contributed by atoms with Gasteiger partial charge in [0, 0.05) is 23.0 Å². The maximum atomic E-state index is 5.87. The van der Waals surface area contributed by atoms with Crippen molar-refractivity contribution in [3.8, 4) is 11.5 Å². The molecule has 4 heteroatoms. The molecule has 1 aromatic heterocycles. The monoisotopic (exact) mass is 251 g/mol. The molecule has 0 saturated carbocycles. The molecule has 0 unspecified atom stereocenters. The second-order valence-electron chi connectivity index (χ2n) is 3.77. The fourth-order valence-electron chi connectivity index (χ4n) is 1.78. The number of aromatic nitrogens is 1. The maximum Gasteiger partial charge on any atom is 0.162 e. The minimum absolute atomic E-state index is 0.461. The van der Waals surface area contributed by atoms with Gasteiger partial charge in [-0.1, -0.05) is 0 Å². The Morgan fingerprint density at radius 1 is 1.12 bits per heavy atom. The van der Waals surface area contributed by atoms with E-state index in [4.69, 9.17) is 21.1 Å². The van der Waals surface area contributed by atoms with Crippen LogP contribution in [0.2, 0.25) is 0 Å². The highest BCUT2D eigenvalue weighted by Crippen LogP contribution is 2.32. The summed E-state index contributed by atoms with van der Waals surface area (Å²) in [4.78, 5) is 4.51. The van der Waals surface area contributed by atoms with Crippen molar-refractivity contribution in [1.82, 2.24) is 4.98 Å². The third kappa shape index (κ3) is 2.15. The zero-order valence-corrected chi connectivity index (χ0v) is 10.8. The summed E-state index contributed by atoms with van der Waals surface area (Å²) < 4.78 is 10.5. The summed E-state index contributed by atoms with van der Waals surface area (Å²) in [6, 6.07) is 5.82. The van der Waals surface area contributed by atoms with E-state index >= 15 is 0 Å². The lowest BCUT2D eigenvalue weighted by Crippen LogP contribution is -1.94. The molecule has 17 heavy (non-hydrogen) atoms. The average Bonchev–Trinajstić information content (AvgIpc) is 2.36. The van der Waals surface area contributed by atoms with Crippen LogP contribution in [-0.4, -0.2) is 19.2 Å². The van der Waals surface area contributed by atoms with Crippen LogP contribution in [0, 0.1) is 6.92 Å². The van der Waals surface area contributed by atoms with Crippen LogP contribution in [-0.2, 0) is 5.88 Å². The molecular formula is C13H14ClNO2. The Labute approximate surface area is 105 Å². The van der Waals surface area contributed by atoms with Gasteiger partial charge in [0.05, 0.1) is 19.7 Å². The fourth-order valence-corrected chi connectivity index (χ4v) is 2.05. The molecule has 0 amide bonds. The number of fused-ring (bicyclic) bond motifs is 1. The minimum Gasteiger partial charge on any atom is -0.493 e. The Morgan fingerprint density at radius 2 is 1.76 bits per heavy atom. The molecule has 0 aliphatic heterocycles. The van der Waals surface area contributed by atoms with E-state index in [0.717, 1.165) is 22.2 Å². The van der Waals surface area contributed by atoms with Gasteiger partial charge in [0.2, 0.25) is 0 Å². The molecule has 1 heterocycles. The predicted molar refractivity (Wildman–Crippen MR) is 69.1 cm³/mol. The number of hydrogen-bond acceptors (Lipinski definition) is 3. The number of methoxy groups -OCH3 is 2. The van der Waals surface area contributed by atoms with Crippen LogP contribution < -0.4 is 9.47 Å². The normalized spacial score (nSPS) is 10.6. The first kappa shape index (κ1) is 12.0. The van der Waals surface area contributed by atoms with Gasteiger partial charge in [-0.25, -0.2) is 0 Å². The molecule has 0 aliphatic rings. The van der Waals surface area contributed by atoms with Crippen molar-refractivity contribution >= 4 is 22.5 Å². The van der Waals surface area contributed by atoms with Crippen molar-refractivity contribution in [1.29, 1.82) is 0 Å². The molecule has 2 aromatic rings. The van der Waals surface area contributed by atoms with Gasteiger partial charge in [0.15, 0.2) is 11.5 Å². The van der Waals surface area contributed by atoms with E-state index in [-0.39, 0.29) is 0 Å². The van der Waals surface area contributed by atoms with Crippen LogP contribution in [0.1, 0.15) is 11.3 Å². The predicted octanol–water partition coefficient (Wildman–Crippen LogP) is 3.30. The third-order valence-corrected chi connectivity index (χ3v) is 3.05. The zero-order valence-electron chi connectivity index (χ0n) is 10.1. The van der Waals surface area contributed by atoms with Gasteiger partial charge in [-0.05, 0) is 24.6 Å². The molecule has 0 saturated heterocycles. The lowest BCUT2D eigenvalue weighted by atomic mass is 10.1. The highest BCUT2D eigenvalue weighted by Gasteiger charge is 2.08. The summed E-state index contributed by atoms with van der Waals surface area (Å²) in [5, 5.41) is 1.00. The lowest BCUT2D eigenvalue weighted by molar-refractivity contribution is 0.356. The van der Waals surface area contributed by atoms with Crippen molar-refractivity contribution < 1.29 is 9.47 Å². The number of nitrogens with zero attached hydrogens (tertiary/aromatic N) is 1. The van der Waals surface area contributed by atoms with Gasteiger partial charge in [0.25, 0.3) is 0 Å². The summed E-state index contributed by atoms with van der Waals surface area (Å²) in [5.41, 5.74) is 2.86. The molecular weight excluding hydrogens is 238 g/mol. The van der Waals surface area contributed by atoms with Gasteiger partial charge in [-0.15, -0.1) is 11.6 Å². The van der Waals surface area contributed by atoms with E-state index in [2.05, 4.69) is 4.98 Å². The average molecular weight is 252 g/mol. The van der Waals surface area contributed by atoms with E-state index in [0.29, 0.717) is 17.4 Å². The summed E-state index contributed by atoms with van der Waals surface area (Å²) in [7, 11) is 3.23. The van der Waals surface area contributed by atoms with Crippen LogP contribution in [0.4, 0.5) is 0 Å². The smallest absolute Gasteiger partial charge is 0.162 e. The second kappa shape index (κ2) is 4.80. The van der Waals surface area contributed by atoms with Crippen molar-refractivity contribution in [2.75, 3.05) is 14.2 Å². The fraction of sp³-hybridized carbons (Fsp3) is 0.308. The molecule has 0 bridgehead atoms. The first-order chi connectivity index (χ1) is 8.19. The molecule has 90 valence electrons. The standard InChI is InChI=1S/C13H14ClNO2/c1-8-10(7-14)4-9-5-12(16-2)13(17-3)6-11(9)15-8/h4-6H,7H2,1-3H3. The number of rotatable bonds is 3. The molecule has 0 N–H and O–H groups in total. The molecule has 1 aromatic carbocycles. The van der Waals surface area contributed by atoms with Crippen molar-refractivity contribution in [3.05, 3.63) is 29.5 Å². The quantitative estimate of drug-likeness (QED) is 0.785. The number of pyridine rings is 1. The molecule has 0 fully saturated rings. The molecule has 0 spiro atoms. The number of ether oxygens (including phenoxy) is 2. The second-order valence-corrected chi connectivity index (χ2v) is 4.03. The van der Waals surface area contributed by atoms with E-state index in [1.165, 1.54) is 0 Å². The van der Waals surface area contributed by atoms with Gasteiger partial charge < -0.3 is 9.47 Å². The SMILES string of the molecule is COc1cc2cc(CCl)c(C)nc2cc1OC. The van der Waals surface area contributed by atoms with Crippen LogP contribution in [0.15, 0.2) is 18.2 Å². The number of hydrogen-bond donors (Lipinski definition) is 0. The Kier molecular flexibility index (Phi) is 3.38. The lowest BCUT2D eigenvalue weighted by Gasteiger charge is -2.10. The Bertz CT molecular complexity index is 555. The van der Waals surface area contributed by atoms with E-state index in [1.807, 2.05) is 25.1 Å². The Balaban J connectivity index is 2.70. The van der Waals surface area contributed by atoms with Crippen LogP contribution in [0.3, 0.4) is 0 Å². The van der Waals surface area contributed by atoms with Gasteiger partial charge >= 0.3 is 0 Å². The van der Waals surface area contributed by atoms with Crippen molar-refractivity contribution in [2.45, 2.75) is 12.8 Å². The highest BCUT2D eigenvalue weighted by atomic mass is 35.5. The van der Waals surface area contributed by atoms with Crippen molar-refractivity contribution in [2.24, 2.45) is 0 Å². The van der Waals surface area contributed by atoms with Crippen LogP contribution in [0.5, 0.6) is 11.5 Å². The van der Waals surface area contributed by atoms with E-state index in [9.17, 15) is 0 Å². The molecule has 0 radical (unpaired) electrons. The summed E-state index contributed by atoms with van der Waals surface area (Å²) in [5.74, 6) is 1.85. The minimum atomic E-state index is 0.461. The first-order valence-electron chi connectivity index (χ1n) is 5.27. The van der Waals surface area contributed by atoms with Crippen LogP contribution in [0.25, 0.3) is 10.9 Å². The summed E-state index contributed by atoms with van der Waals surface area (Å²) >= 11 is 5.87. The molecule has 3 nitrogen and oxygen atoms in total. The number of halogens is 1. The van der Waals surface area contributed by atoms with Gasteiger partial charge in [0.1, 0.15) is 0 Å². The molecule has 2 rings (SSSR count). The van der Waals surface area contributed by atoms with E-state index in [1.54, 1.807) is 14.2 Å². The molecule has 0 aliphatic carbocycles. The molecule has 0 atom stereocenters. The maximum absolute atomic E-state index is 5.87. The number of aryl methyl sites for hydroxylation is 1. The topological polar surface area (TPSA) is 31.4 Å². The van der Waals surface area contributed by atoms with Crippen molar-refractivity contribution in [3.63, 3.8) is 0 Å². The first-order valence-corrected chi connectivity index (χ1v) is 5.81. The summed E-state index contributed by atoms with van der Waals surface area (Å²) in [6.45, 7) is 1.95. The van der Waals surface area contributed by atoms with Crippen LogP contribution >= 0.6 is 11.6 Å². The van der Waals surface area contributed by atoms with Gasteiger partial charge in [-0.2, -0.15) is 0 Å². The number of benzene rings is 1.